The van der Waals surface area contributed by atoms with Crippen molar-refractivity contribution in [2.45, 2.75) is 37.8 Å². The van der Waals surface area contributed by atoms with Crippen LogP contribution in [-0.4, -0.2) is 71.6 Å². The van der Waals surface area contributed by atoms with Crippen LogP contribution in [0.15, 0.2) is 0 Å². The molecule has 1 spiro atoms. The van der Waals surface area contributed by atoms with Crippen LogP contribution in [0.5, 0.6) is 0 Å². The fourth-order valence-corrected chi connectivity index (χ4v) is 3.42. The van der Waals surface area contributed by atoms with Crippen LogP contribution >= 0.6 is 11.8 Å². The fraction of sp³-hybridized carbons (Fsp3) is 0.857. The molecule has 2 saturated heterocycles. The van der Waals surface area contributed by atoms with Crippen LogP contribution in [0.4, 0.5) is 4.79 Å². The number of ether oxygens (including phenoxy) is 1. The van der Waals surface area contributed by atoms with Crippen LogP contribution in [0.2, 0.25) is 0 Å². The minimum absolute atomic E-state index is 0.0237. The molecule has 0 radical (unpaired) electrons. The lowest BCUT2D eigenvalue weighted by Gasteiger charge is -2.38. The lowest BCUT2D eigenvalue weighted by molar-refractivity contribution is -0.136. The number of nitrogens with two attached hydrogens (primary N) is 1. The number of piperidine rings is 1. The standard InChI is InChI=1S/C14H25N3O3S/c1-3-16-10-14(20-13(16)19)5-7-17(8-6-14)12(18)11(15)4-9-21-2/h11H,3-10,15H2,1-2H3/t11-/m0/s1. The maximum atomic E-state index is 12.3. The van der Waals surface area contributed by atoms with E-state index in [0.29, 0.717) is 45.4 Å². The summed E-state index contributed by atoms with van der Waals surface area (Å²) in [6.07, 6.45) is 3.90. The first-order valence-electron chi connectivity index (χ1n) is 7.52. The van der Waals surface area contributed by atoms with Crippen molar-refractivity contribution in [2.24, 2.45) is 5.73 Å². The van der Waals surface area contributed by atoms with Crippen molar-refractivity contribution >= 4 is 23.8 Å². The summed E-state index contributed by atoms with van der Waals surface area (Å²) in [6, 6.07) is -0.412. The Balaban J connectivity index is 1.86. The zero-order chi connectivity index (χ0) is 15.5. The molecule has 0 saturated carbocycles. The van der Waals surface area contributed by atoms with Gasteiger partial charge in [-0.15, -0.1) is 0 Å². The van der Waals surface area contributed by atoms with Crippen LogP contribution in [0.1, 0.15) is 26.2 Å². The van der Waals surface area contributed by atoms with Gasteiger partial charge in [-0.2, -0.15) is 11.8 Å². The van der Waals surface area contributed by atoms with E-state index >= 15 is 0 Å². The Kier molecular flexibility index (Phi) is 5.37. The number of rotatable bonds is 5. The second-order valence-corrected chi connectivity index (χ2v) is 6.76. The number of likely N-dealkylation sites (tertiary alicyclic amines) is 1. The average molecular weight is 315 g/mol. The van der Waals surface area contributed by atoms with Crippen molar-refractivity contribution in [3.05, 3.63) is 0 Å². The maximum absolute atomic E-state index is 12.3. The molecule has 0 aromatic carbocycles. The van der Waals surface area contributed by atoms with Gasteiger partial charge in [-0.3, -0.25) is 4.79 Å². The molecule has 2 N–H and O–H groups in total. The summed E-state index contributed by atoms with van der Waals surface area (Å²) >= 11 is 1.70. The molecule has 0 unspecified atom stereocenters. The molecule has 2 amide bonds. The van der Waals surface area contributed by atoms with Gasteiger partial charge in [0.15, 0.2) is 0 Å². The van der Waals surface area contributed by atoms with Crippen molar-refractivity contribution in [3.8, 4) is 0 Å². The molecule has 2 aliphatic heterocycles. The van der Waals surface area contributed by atoms with Crippen LogP contribution in [-0.2, 0) is 9.53 Å². The number of carbonyl (C=O) groups is 2. The number of nitrogens with zero attached hydrogens (tertiary/aromatic N) is 2. The fourth-order valence-electron chi connectivity index (χ4n) is 2.93. The van der Waals surface area contributed by atoms with Gasteiger partial charge in [-0.1, -0.05) is 0 Å². The minimum Gasteiger partial charge on any atom is -0.441 e. The summed E-state index contributed by atoms with van der Waals surface area (Å²) in [7, 11) is 0. The average Bonchev–Trinajstić information content (AvgIpc) is 2.80. The third-order valence-electron chi connectivity index (χ3n) is 4.36. The Labute approximate surface area is 130 Å². The number of hydrogen-bond acceptors (Lipinski definition) is 5. The van der Waals surface area contributed by atoms with Crippen molar-refractivity contribution < 1.29 is 14.3 Å². The molecule has 0 aromatic rings. The SMILES string of the molecule is CCN1CC2(CCN(C(=O)[C@@H](N)CCSC)CC2)OC1=O. The smallest absolute Gasteiger partial charge is 0.410 e. The van der Waals surface area contributed by atoms with E-state index in [9.17, 15) is 9.59 Å². The first-order chi connectivity index (χ1) is 10.0. The summed E-state index contributed by atoms with van der Waals surface area (Å²) in [5.74, 6) is 0.920. The van der Waals surface area contributed by atoms with Gasteiger partial charge < -0.3 is 20.3 Å². The molecule has 0 aliphatic carbocycles. The molecule has 7 heteroatoms. The third-order valence-corrected chi connectivity index (χ3v) is 5.00. The number of likely N-dealkylation sites (N-methyl/N-ethyl adjacent to an activating group) is 1. The van der Waals surface area contributed by atoms with E-state index in [-0.39, 0.29) is 12.0 Å². The van der Waals surface area contributed by atoms with Gasteiger partial charge in [-0.05, 0) is 25.4 Å². The van der Waals surface area contributed by atoms with E-state index in [1.165, 1.54) is 0 Å². The van der Waals surface area contributed by atoms with Crippen molar-refractivity contribution in [3.63, 3.8) is 0 Å². The Morgan fingerprint density at radius 1 is 1.48 bits per heavy atom. The number of amides is 2. The lowest BCUT2D eigenvalue weighted by atomic mass is 9.91. The molecular formula is C14H25N3O3S. The normalized spacial score (nSPS) is 22.5. The molecule has 21 heavy (non-hydrogen) atoms. The monoisotopic (exact) mass is 315 g/mol. The topological polar surface area (TPSA) is 75.9 Å². The van der Waals surface area contributed by atoms with E-state index in [1.807, 2.05) is 18.1 Å². The highest BCUT2D eigenvalue weighted by Crippen LogP contribution is 2.33. The zero-order valence-electron chi connectivity index (χ0n) is 12.8. The van der Waals surface area contributed by atoms with Crippen LogP contribution in [0.3, 0.4) is 0 Å². The predicted molar refractivity (Wildman–Crippen MR) is 83.2 cm³/mol. The Morgan fingerprint density at radius 3 is 2.67 bits per heavy atom. The molecule has 2 aliphatic rings. The van der Waals surface area contributed by atoms with Crippen LogP contribution in [0, 0.1) is 0 Å². The second kappa shape index (κ2) is 6.87. The molecule has 0 bridgehead atoms. The minimum atomic E-state index is -0.412. The summed E-state index contributed by atoms with van der Waals surface area (Å²) in [4.78, 5) is 27.5. The summed E-state index contributed by atoms with van der Waals surface area (Å²) < 4.78 is 5.56. The quantitative estimate of drug-likeness (QED) is 0.816. The van der Waals surface area contributed by atoms with Gasteiger partial charge in [-0.25, -0.2) is 4.79 Å². The molecule has 6 nitrogen and oxygen atoms in total. The van der Waals surface area contributed by atoms with Crippen molar-refractivity contribution in [2.75, 3.05) is 38.2 Å². The highest BCUT2D eigenvalue weighted by atomic mass is 32.2. The molecule has 0 aromatic heterocycles. The lowest BCUT2D eigenvalue weighted by Crippen LogP contribution is -2.52. The highest BCUT2D eigenvalue weighted by Gasteiger charge is 2.47. The first kappa shape index (κ1) is 16.4. The van der Waals surface area contributed by atoms with Gasteiger partial charge >= 0.3 is 6.09 Å². The van der Waals surface area contributed by atoms with Crippen LogP contribution in [0.25, 0.3) is 0 Å². The van der Waals surface area contributed by atoms with Gasteiger partial charge in [0.25, 0.3) is 0 Å². The van der Waals surface area contributed by atoms with Gasteiger partial charge in [0.2, 0.25) is 5.91 Å². The number of thioether (sulfide) groups is 1. The zero-order valence-corrected chi connectivity index (χ0v) is 13.7. The van der Waals surface area contributed by atoms with Crippen molar-refractivity contribution in [1.82, 2.24) is 9.80 Å². The first-order valence-corrected chi connectivity index (χ1v) is 8.92. The molecule has 2 fully saturated rings. The summed E-state index contributed by atoms with van der Waals surface area (Å²) in [5, 5.41) is 0. The Hall–Kier alpha value is -0.950. The molecule has 2 rings (SSSR count). The maximum Gasteiger partial charge on any atom is 0.410 e. The van der Waals surface area contributed by atoms with E-state index in [4.69, 9.17) is 10.5 Å². The highest BCUT2D eigenvalue weighted by molar-refractivity contribution is 7.98. The Morgan fingerprint density at radius 2 is 2.14 bits per heavy atom. The van der Waals surface area contributed by atoms with Crippen molar-refractivity contribution in [1.29, 1.82) is 0 Å². The molecule has 1 atom stereocenters. The Bertz CT molecular complexity index is 397. The van der Waals surface area contributed by atoms with Gasteiger partial charge in [0, 0.05) is 32.5 Å². The van der Waals surface area contributed by atoms with E-state index in [1.54, 1.807) is 16.7 Å². The van der Waals surface area contributed by atoms with Gasteiger partial charge in [0.1, 0.15) is 5.60 Å². The van der Waals surface area contributed by atoms with Crippen LogP contribution < -0.4 is 5.73 Å². The third kappa shape index (κ3) is 3.63. The molecule has 2 heterocycles. The largest absolute Gasteiger partial charge is 0.441 e. The summed E-state index contributed by atoms with van der Waals surface area (Å²) in [5.41, 5.74) is 5.55. The van der Waals surface area contributed by atoms with E-state index in [0.717, 1.165) is 5.75 Å². The number of hydrogen-bond donors (Lipinski definition) is 1. The van der Waals surface area contributed by atoms with E-state index < -0.39 is 11.6 Å². The number of carbonyl (C=O) groups excluding carboxylic acids is 2. The predicted octanol–water partition coefficient (Wildman–Crippen LogP) is 0.900. The van der Waals surface area contributed by atoms with Gasteiger partial charge in [0.05, 0.1) is 12.6 Å². The summed E-state index contributed by atoms with van der Waals surface area (Å²) in [6.45, 7) is 4.50. The molecule has 120 valence electrons. The van der Waals surface area contributed by atoms with E-state index in [2.05, 4.69) is 0 Å². The second-order valence-electron chi connectivity index (χ2n) is 5.78. The molecular weight excluding hydrogens is 290 g/mol.